The average molecular weight is 410 g/mol. The maximum atomic E-state index is 13.5. The number of benzene rings is 2. The van der Waals surface area contributed by atoms with Gasteiger partial charge in [0.15, 0.2) is 5.96 Å². The fourth-order valence-corrected chi connectivity index (χ4v) is 3.17. The summed E-state index contributed by atoms with van der Waals surface area (Å²) < 4.78 is 13.5. The second-order valence-electron chi connectivity index (χ2n) is 6.95. The number of nitrogens with one attached hydrogen (secondary N) is 4. The van der Waals surface area contributed by atoms with E-state index >= 15 is 0 Å². The molecule has 0 atom stereocenters. The highest BCUT2D eigenvalue weighted by Crippen LogP contribution is 2.19. The molecule has 158 valence electrons. The summed E-state index contributed by atoms with van der Waals surface area (Å²) >= 11 is 0. The molecule has 30 heavy (non-hydrogen) atoms. The molecule has 0 radical (unpaired) electrons. The summed E-state index contributed by atoms with van der Waals surface area (Å²) in [5.41, 5.74) is 3.04. The lowest BCUT2D eigenvalue weighted by Gasteiger charge is -2.11. The number of guanidine groups is 1. The molecule has 2 aromatic carbocycles. The van der Waals surface area contributed by atoms with Gasteiger partial charge in [0, 0.05) is 43.2 Å². The van der Waals surface area contributed by atoms with Gasteiger partial charge in [-0.25, -0.2) is 4.39 Å². The molecule has 1 amide bonds. The van der Waals surface area contributed by atoms with Crippen LogP contribution in [0.1, 0.15) is 24.5 Å². The van der Waals surface area contributed by atoms with Crippen LogP contribution in [0.4, 0.5) is 4.39 Å². The first kappa shape index (κ1) is 21.4. The van der Waals surface area contributed by atoms with Crippen LogP contribution in [0.15, 0.2) is 59.7 Å². The Morgan fingerprint density at radius 1 is 1.10 bits per heavy atom. The van der Waals surface area contributed by atoms with E-state index in [2.05, 4.69) is 25.9 Å². The number of fused-ring (bicyclic) bond motifs is 1. The van der Waals surface area contributed by atoms with E-state index < -0.39 is 0 Å². The van der Waals surface area contributed by atoms with E-state index in [0.717, 1.165) is 35.0 Å². The number of carbonyl (C=O) groups excluding carboxylic acids is 1. The maximum Gasteiger partial charge on any atom is 0.222 e. The van der Waals surface area contributed by atoms with Gasteiger partial charge in [-0.3, -0.25) is 9.79 Å². The zero-order chi connectivity index (χ0) is 21.2. The lowest BCUT2D eigenvalue weighted by Crippen LogP contribution is -2.38. The van der Waals surface area contributed by atoms with Gasteiger partial charge in [0.2, 0.25) is 5.91 Å². The van der Waals surface area contributed by atoms with Crippen LogP contribution in [0.3, 0.4) is 0 Å². The van der Waals surface area contributed by atoms with E-state index in [4.69, 9.17) is 0 Å². The Balaban J connectivity index is 1.44. The Morgan fingerprint density at radius 3 is 2.73 bits per heavy atom. The van der Waals surface area contributed by atoms with Gasteiger partial charge in [0.1, 0.15) is 5.82 Å². The van der Waals surface area contributed by atoms with E-state index in [9.17, 15) is 9.18 Å². The van der Waals surface area contributed by atoms with E-state index in [1.54, 1.807) is 12.1 Å². The third kappa shape index (κ3) is 6.34. The van der Waals surface area contributed by atoms with Crippen molar-refractivity contribution in [1.82, 2.24) is 20.9 Å². The molecule has 1 aromatic heterocycles. The summed E-state index contributed by atoms with van der Waals surface area (Å²) in [6.07, 6.45) is 2.96. The Labute approximate surface area is 176 Å². The summed E-state index contributed by atoms with van der Waals surface area (Å²) in [5.74, 6) is 0.399. The largest absolute Gasteiger partial charge is 0.361 e. The molecule has 0 bridgehead atoms. The summed E-state index contributed by atoms with van der Waals surface area (Å²) in [5, 5.41) is 10.3. The van der Waals surface area contributed by atoms with Crippen LogP contribution < -0.4 is 16.0 Å². The highest BCUT2D eigenvalue weighted by molar-refractivity contribution is 5.83. The Morgan fingerprint density at radius 2 is 1.93 bits per heavy atom. The molecule has 0 saturated heterocycles. The molecule has 3 aromatic rings. The fraction of sp³-hybridized carbons (Fsp3) is 0.304. The summed E-state index contributed by atoms with van der Waals surface area (Å²) in [4.78, 5) is 19.7. The zero-order valence-corrected chi connectivity index (χ0v) is 17.2. The highest BCUT2D eigenvalue weighted by Gasteiger charge is 2.06. The van der Waals surface area contributed by atoms with Crippen molar-refractivity contribution in [2.24, 2.45) is 4.99 Å². The van der Waals surface area contributed by atoms with Crippen molar-refractivity contribution in [1.29, 1.82) is 0 Å². The third-order valence-corrected chi connectivity index (χ3v) is 4.70. The first-order chi connectivity index (χ1) is 14.7. The van der Waals surface area contributed by atoms with Gasteiger partial charge in [-0.2, -0.15) is 0 Å². The van der Waals surface area contributed by atoms with Crippen LogP contribution in [0.25, 0.3) is 10.9 Å². The molecule has 0 aliphatic heterocycles. The quantitative estimate of drug-likeness (QED) is 0.324. The van der Waals surface area contributed by atoms with Crippen LogP contribution in [0, 0.1) is 5.82 Å². The molecular formula is C23H28FN5O. The fourth-order valence-electron chi connectivity index (χ4n) is 3.17. The van der Waals surface area contributed by atoms with Gasteiger partial charge in [-0.05, 0) is 42.7 Å². The van der Waals surface area contributed by atoms with Gasteiger partial charge in [0.25, 0.3) is 0 Å². The molecule has 0 spiro atoms. The van der Waals surface area contributed by atoms with Crippen molar-refractivity contribution in [2.75, 3.05) is 19.6 Å². The lowest BCUT2D eigenvalue weighted by atomic mass is 10.1. The average Bonchev–Trinajstić information content (AvgIpc) is 3.15. The van der Waals surface area contributed by atoms with Crippen LogP contribution in [0.2, 0.25) is 0 Å². The normalized spacial score (nSPS) is 11.5. The molecule has 1 heterocycles. The number of aliphatic imine (C=N–C) groups is 1. The predicted octanol–water partition coefficient (Wildman–Crippen LogP) is 3.11. The van der Waals surface area contributed by atoms with Crippen LogP contribution in [-0.2, 0) is 17.8 Å². The molecule has 0 aliphatic carbocycles. The number of aromatic nitrogens is 1. The van der Waals surface area contributed by atoms with Crippen molar-refractivity contribution in [3.8, 4) is 0 Å². The van der Waals surface area contributed by atoms with E-state index in [1.165, 1.54) is 6.07 Å². The number of carbonyl (C=O) groups is 1. The minimum Gasteiger partial charge on any atom is -0.361 e. The molecule has 0 unspecified atom stereocenters. The first-order valence-electron chi connectivity index (χ1n) is 10.2. The molecule has 0 aliphatic rings. The van der Waals surface area contributed by atoms with Crippen molar-refractivity contribution >= 4 is 22.8 Å². The number of amides is 1. The van der Waals surface area contributed by atoms with E-state index in [0.29, 0.717) is 32.0 Å². The topological polar surface area (TPSA) is 81.3 Å². The molecule has 0 fully saturated rings. The highest BCUT2D eigenvalue weighted by atomic mass is 19.1. The monoisotopic (exact) mass is 409 g/mol. The summed E-state index contributed by atoms with van der Waals surface area (Å²) in [7, 11) is 0. The maximum absolute atomic E-state index is 13.5. The van der Waals surface area contributed by atoms with Gasteiger partial charge < -0.3 is 20.9 Å². The minimum atomic E-state index is -0.239. The standard InChI is InChI=1S/C23H28FN5O/c1-2-25-23(27-13-11-22(30)29-15-17-6-4-3-5-7-17)26-12-10-18-16-28-21-9-8-19(24)14-20(18)21/h3-9,14,16,28H,2,10-13,15H2,1H3,(H,29,30)(H2,25,26,27). The van der Waals surface area contributed by atoms with E-state index in [1.807, 2.05) is 43.5 Å². The predicted molar refractivity (Wildman–Crippen MR) is 119 cm³/mol. The number of H-pyrrole nitrogens is 1. The van der Waals surface area contributed by atoms with Crippen molar-refractivity contribution < 1.29 is 9.18 Å². The second kappa shape index (κ2) is 11.0. The number of hydrogen-bond acceptors (Lipinski definition) is 2. The molecule has 7 heteroatoms. The third-order valence-electron chi connectivity index (χ3n) is 4.70. The molecular weight excluding hydrogens is 381 g/mol. The molecule has 6 nitrogen and oxygen atoms in total. The van der Waals surface area contributed by atoms with Crippen molar-refractivity contribution in [2.45, 2.75) is 26.3 Å². The first-order valence-corrected chi connectivity index (χ1v) is 10.2. The minimum absolute atomic E-state index is 0.0285. The van der Waals surface area contributed by atoms with Crippen molar-refractivity contribution in [3.05, 3.63) is 71.7 Å². The SMILES string of the molecule is CCNC(=NCCC(=O)NCc1ccccc1)NCCc1c[nH]c2ccc(F)cc12. The lowest BCUT2D eigenvalue weighted by molar-refractivity contribution is -0.121. The number of rotatable bonds is 9. The number of aromatic amines is 1. The Bertz CT molecular complexity index is 984. The van der Waals surface area contributed by atoms with E-state index in [-0.39, 0.29) is 11.7 Å². The van der Waals surface area contributed by atoms with Gasteiger partial charge in [0.05, 0.1) is 6.54 Å². The Kier molecular flexibility index (Phi) is 7.83. The number of halogens is 1. The number of hydrogen-bond donors (Lipinski definition) is 4. The smallest absolute Gasteiger partial charge is 0.222 e. The Hall–Kier alpha value is -3.35. The zero-order valence-electron chi connectivity index (χ0n) is 17.2. The van der Waals surface area contributed by atoms with Gasteiger partial charge >= 0.3 is 0 Å². The number of nitrogens with zero attached hydrogens (tertiary/aromatic N) is 1. The van der Waals surface area contributed by atoms with Gasteiger partial charge in [-0.1, -0.05) is 30.3 Å². The summed E-state index contributed by atoms with van der Waals surface area (Å²) in [6, 6.07) is 14.6. The van der Waals surface area contributed by atoms with Crippen molar-refractivity contribution in [3.63, 3.8) is 0 Å². The van der Waals surface area contributed by atoms with Crippen LogP contribution >= 0.6 is 0 Å². The molecule has 3 rings (SSSR count). The second-order valence-corrected chi connectivity index (χ2v) is 6.95. The summed E-state index contributed by atoms with van der Waals surface area (Å²) in [6.45, 7) is 4.28. The molecule has 0 saturated carbocycles. The van der Waals surface area contributed by atoms with Crippen LogP contribution in [-0.4, -0.2) is 36.5 Å². The van der Waals surface area contributed by atoms with Gasteiger partial charge in [-0.15, -0.1) is 0 Å². The molecule has 4 N–H and O–H groups in total. The van der Waals surface area contributed by atoms with Crippen LogP contribution in [0.5, 0.6) is 0 Å².